The van der Waals surface area contributed by atoms with E-state index in [1.807, 2.05) is 0 Å². The van der Waals surface area contributed by atoms with Gasteiger partial charge >= 0.3 is 6.18 Å². The zero-order valence-corrected chi connectivity index (χ0v) is 13.6. The Morgan fingerprint density at radius 1 is 1.33 bits per heavy atom. The lowest BCUT2D eigenvalue weighted by Crippen LogP contribution is -2.30. The minimum atomic E-state index is -4.57. The van der Waals surface area contributed by atoms with E-state index in [-0.39, 0.29) is 22.8 Å². The summed E-state index contributed by atoms with van der Waals surface area (Å²) < 4.78 is 40.3. The van der Waals surface area contributed by atoms with Crippen molar-refractivity contribution in [1.82, 2.24) is 3.96 Å². The molecule has 128 valence electrons. The van der Waals surface area contributed by atoms with Crippen LogP contribution >= 0.6 is 11.5 Å². The van der Waals surface area contributed by atoms with Gasteiger partial charge in [-0.15, -0.1) is 0 Å². The van der Waals surface area contributed by atoms with Crippen molar-refractivity contribution < 1.29 is 18.3 Å². The Bertz CT molecular complexity index is 841. The van der Waals surface area contributed by atoms with Crippen LogP contribution in [0.5, 0.6) is 0 Å². The van der Waals surface area contributed by atoms with Gasteiger partial charge in [-0.05, 0) is 37.5 Å². The summed E-state index contributed by atoms with van der Waals surface area (Å²) in [6.07, 6.45) is -4.57. The summed E-state index contributed by atoms with van der Waals surface area (Å²) in [6, 6.07) is 6.49. The number of hydrogen-bond donors (Lipinski definition) is 2. The highest BCUT2D eigenvalue weighted by Crippen LogP contribution is 2.36. The maximum absolute atomic E-state index is 13.0. The molecule has 0 unspecified atom stereocenters. The quantitative estimate of drug-likeness (QED) is 0.880. The highest BCUT2D eigenvalue weighted by Gasteiger charge is 2.33. The maximum Gasteiger partial charge on any atom is 0.418 e. The number of halogens is 3. The molecule has 2 aromatic rings. The van der Waals surface area contributed by atoms with Crippen molar-refractivity contribution in [3.63, 3.8) is 0 Å². The first-order valence-electron chi connectivity index (χ1n) is 6.83. The molecule has 0 spiro atoms. The molecule has 2 rings (SSSR count). The van der Waals surface area contributed by atoms with Crippen molar-refractivity contribution in [3.05, 3.63) is 45.7 Å². The summed E-state index contributed by atoms with van der Waals surface area (Å²) in [5.41, 5.74) is -3.30. The van der Waals surface area contributed by atoms with Crippen molar-refractivity contribution >= 4 is 22.2 Å². The molecule has 0 saturated heterocycles. The fourth-order valence-electron chi connectivity index (χ4n) is 2.02. The number of nitrogens with one attached hydrogen (secondary N) is 1. The van der Waals surface area contributed by atoms with E-state index in [4.69, 9.17) is 5.26 Å². The lowest BCUT2D eigenvalue weighted by atomic mass is 10.1. The van der Waals surface area contributed by atoms with Gasteiger partial charge < -0.3 is 10.4 Å². The number of alkyl halides is 3. The second kappa shape index (κ2) is 6.30. The van der Waals surface area contributed by atoms with Crippen LogP contribution in [-0.2, 0) is 12.7 Å². The first-order valence-corrected chi connectivity index (χ1v) is 7.60. The predicted molar refractivity (Wildman–Crippen MR) is 84.3 cm³/mol. The molecule has 24 heavy (non-hydrogen) atoms. The van der Waals surface area contributed by atoms with E-state index in [2.05, 4.69) is 5.32 Å². The molecule has 1 aromatic heterocycles. The minimum Gasteiger partial charge on any atom is -0.389 e. The van der Waals surface area contributed by atoms with E-state index < -0.39 is 22.9 Å². The normalized spacial score (nSPS) is 12.0. The van der Waals surface area contributed by atoms with Crippen LogP contribution < -0.4 is 10.9 Å². The lowest BCUT2D eigenvalue weighted by molar-refractivity contribution is -0.136. The Labute approximate surface area is 139 Å². The van der Waals surface area contributed by atoms with Gasteiger partial charge in [0, 0.05) is 0 Å². The Morgan fingerprint density at radius 2 is 1.96 bits per heavy atom. The Balaban J connectivity index is 2.47. The van der Waals surface area contributed by atoms with Crippen LogP contribution in [0.15, 0.2) is 29.1 Å². The first kappa shape index (κ1) is 18.0. The lowest BCUT2D eigenvalue weighted by Gasteiger charge is -2.16. The average Bonchev–Trinajstić information content (AvgIpc) is 2.72. The molecule has 0 fully saturated rings. The Kier molecular flexibility index (Phi) is 4.73. The third kappa shape index (κ3) is 3.96. The fourth-order valence-corrected chi connectivity index (χ4v) is 3.18. The molecule has 0 bridgehead atoms. The van der Waals surface area contributed by atoms with Crippen LogP contribution in [0.2, 0.25) is 0 Å². The molecule has 5 nitrogen and oxygen atoms in total. The van der Waals surface area contributed by atoms with Crippen LogP contribution in [0.25, 0.3) is 0 Å². The van der Waals surface area contributed by atoms with Crippen molar-refractivity contribution in [2.45, 2.75) is 32.2 Å². The number of anilines is 2. The van der Waals surface area contributed by atoms with E-state index in [1.54, 1.807) is 6.07 Å². The largest absolute Gasteiger partial charge is 0.418 e. The van der Waals surface area contributed by atoms with Gasteiger partial charge in [0.25, 0.3) is 5.56 Å². The monoisotopic (exact) mass is 357 g/mol. The van der Waals surface area contributed by atoms with Gasteiger partial charge in [-0.2, -0.15) is 18.4 Å². The summed E-state index contributed by atoms with van der Waals surface area (Å²) in [5, 5.41) is 21.5. The summed E-state index contributed by atoms with van der Waals surface area (Å²) in [5.74, 6) is 0. The number of nitrogens with zero attached hydrogens (tertiary/aromatic N) is 2. The Hall–Kier alpha value is -2.31. The molecule has 9 heteroatoms. The third-order valence-corrected chi connectivity index (χ3v) is 4.00. The summed E-state index contributed by atoms with van der Waals surface area (Å²) >= 11 is 0.795. The number of hydrogen-bond acceptors (Lipinski definition) is 5. The maximum atomic E-state index is 13.0. The van der Waals surface area contributed by atoms with Crippen molar-refractivity contribution in [3.8, 4) is 6.07 Å². The van der Waals surface area contributed by atoms with E-state index in [1.165, 1.54) is 32.0 Å². The molecule has 1 aromatic carbocycles. The number of rotatable bonds is 4. The zero-order chi connectivity index (χ0) is 18.1. The highest BCUT2D eigenvalue weighted by molar-refractivity contribution is 7.11. The standard InChI is InChI=1S/C15H14F3N3O2S/c1-14(2,23)8-21-13(22)9(7-19)12(24-21)20-11-6-4-3-5-10(11)15(16,17)18/h3-6,20,23H,8H2,1-2H3. The van der Waals surface area contributed by atoms with Gasteiger partial charge in [0.15, 0.2) is 5.56 Å². The number of aromatic nitrogens is 1. The van der Waals surface area contributed by atoms with Crippen LogP contribution in [0, 0.1) is 11.3 Å². The number of para-hydroxylation sites is 1. The molecular formula is C15H14F3N3O2S. The van der Waals surface area contributed by atoms with Crippen LogP contribution in [0.4, 0.5) is 23.9 Å². The van der Waals surface area contributed by atoms with Gasteiger partial charge in [-0.1, -0.05) is 12.1 Å². The molecular weight excluding hydrogens is 343 g/mol. The van der Waals surface area contributed by atoms with E-state index >= 15 is 0 Å². The van der Waals surface area contributed by atoms with Gasteiger partial charge in [0.05, 0.1) is 23.4 Å². The van der Waals surface area contributed by atoms with Gasteiger partial charge in [-0.3, -0.25) is 8.75 Å². The molecule has 0 saturated carbocycles. The highest BCUT2D eigenvalue weighted by atomic mass is 32.1. The van der Waals surface area contributed by atoms with Gasteiger partial charge in [0.1, 0.15) is 11.1 Å². The Morgan fingerprint density at radius 3 is 2.50 bits per heavy atom. The number of benzene rings is 1. The van der Waals surface area contributed by atoms with Crippen LogP contribution in [0.3, 0.4) is 0 Å². The van der Waals surface area contributed by atoms with Gasteiger partial charge in [0.2, 0.25) is 0 Å². The van der Waals surface area contributed by atoms with E-state index in [9.17, 15) is 23.1 Å². The average molecular weight is 357 g/mol. The number of aliphatic hydroxyl groups is 1. The van der Waals surface area contributed by atoms with Crippen LogP contribution in [-0.4, -0.2) is 14.7 Å². The van der Waals surface area contributed by atoms with Crippen molar-refractivity contribution in [1.29, 1.82) is 5.26 Å². The van der Waals surface area contributed by atoms with E-state index in [0.717, 1.165) is 21.6 Å². The van der Waals surface area contributed by atoms with Crippen LogP contribution in [0.1, 0.15) is 25.0 Å². The molecule has 0 radical (unpaired) electrons. The second-order valence-electron chi connectivity index (χ2n) is 5.73. The van der Waals surface area contributed by atoms with Crippen molar-refractivity contribution in [2.75, 3.05) is 5.32 Å². The van der Waals surface area contributed by atoms with Gasteiger partial charge in [-0.25, -0.2) is 0 Å². The zero-order valence-electron chi connectivity index (χ0n) is 12.8. The summed E-state index contributed by atoms with van der Waals surface area (Å²) in [4.78, 5) is 12.1. The molecule has 0 aliphatic heterocycles. The van der Waals surface area contributed by atoms with Crippen molar-refractivity contribution in [2.24, 2.45) is 0 Å². The first-order chi connectivity index (χ1) is 11.0. The second-order valence-corrected chi connectivity index (χ2v) is 6.76. The predicted octanol–water partition coefficient (Wildman–Crippen LogP) is 3.31. The molecule has 0 amide bonds. The number of nitriles is 1. The minimum absolute atomic E-state index is 0.00319. The molecule has 0 atom stereocenters. The topological polar surface area (TPSA) is 78.0 Å². The fraction of sp³-hybridized carbons (Fsp3) is 0.333. The molecule has 0 aliphatic rings. The molecule has 0 aliphatic carbocycles. The SMILES string of the molecule is CC(C)(O)Cn1sc(Nc2ccccc2C(F)(F)F)c(C#N)c1=O. The summed E-state index contributed by atoms with van der Waals surface area (Å²) in [6.45, 7) is 2.89. The molecule has 2 N–H and O–H groups in total. The van der Waals surface area contributed by atoms with E-state index in [0.29, 0.717) is 0 Å². The summed E-state index contributed by atoms with van der Waals surface area (Å²) in [7, 11) is 0. The molecule has 1 heterocycles. The third-order valence-electron chi connectivity index (χ3n) is 2.99. The smallest absolute Gasteiger partial charge is 0.389 e.